The lowest BCUT2D eigenvalue weighted by atomic mass is 9.86. The van der Waals surface area contributed by atoms with E-state index in [9.17, 15) is 27.9 Å². The zero-order valence-electron chi connectivity index (χ0n) is 21.8. The van der Waals surface area contributed by atoms with Gasteiger partial charge in [0.05, 0.1) is 11.5 Å². The largest absolute Gasteiger partial charge is 0.481 e. The van der Waals surface area contributed by atoms with Crippen LogP contribution in [-0.2, 0) is 15.8 Å². The molecular formula is C27H37F4N3O3. The van der Waals surface area contributed by atoms with E-state index >= 15 is 4.39 Å². The first-order valence-electron chi connectivity index (χ1n) is 13.1. The number of carboxylic acids is 1. The summed E-state index contributed by atoms with van der Waals surface area (Å²) in [5, 5.41) is 9.48. The quantitative estimate of drug-likeness (QED) is 0.563. The van der Waals surface area contributed by atoms with Gasteiger partial charge in [-0.2, -0.15) is 13.2 Å². The van der Waals surface area contributed by atoms with Gasteiger partial charge in [-0.15, -0.1) is 0 Å². The molecule has 0 bridgehead atoms. The van der Waals surface area contributed by atoms with Gasteiger partial charge in [0.25, 0.3) is 5.91 Å². The second kappa shape index (κ2) is 10.1. The first kappa shape index (κ1) is 27.7. The molecule has 1 aromatic carbocycles. The number of carbonyl (C=O) groups is 2. The zero-order valence-corrected chi connectivity index (χ0v) is 21.8. The van der Waals surface area contributed by atoms with Crippen LogP contribution < -0.4 is 4.90 Å². The van der Waals surface area contributed by atoms with E-state index in [4.69, 9.17) is 0 Å². The van der Waals surface area contributed by atoms with Gasteiger partial charge in [-0.05, 0) is 70.1 Å². The molecule has 3 heterocycles. The van der Waals surface area contributed by atoms with E-state index in [0.717, 1.165) is 17.7 Å². The molecule has 1 amide bonds. The van der Waals surface area contributed by atoms with E-state index in [-0.39, 0.29) is 31.0 Å². The van der Waals surface area contributed by atoms with Crippen molar-refractivity contribution in [2.75, 3.05) is 44.2 Å². The number of halogens is 4. The van der Waals surface area contributed by atoms with Gasteiger partial charge >= 0.3 is 12.1 Å². The average Bonchev–Trinajstić information content (AvgIpc) is 3.27. The van der Waals surface area contributed by atoms with Crippen LogP contribution in [0.5, 0.6) is 0 Å². The number of piperidine rings is 2. The minimum absolute atomic E-state index is 0.0675. The molecule has 4 rings (SSSR count). The molecule has 0 aromatic heterocycles. The maximum atomic E-state index is 15.7. The van der Waals surface area contributed by atoms with Crippen molar-refractivity contribution in [3.05, 3.63) is 29.3 Å². The summed E-state index contributed by atoms with van der Waals surface area (Å²) >= 11 is 0. The number of nitrogens with zero attached hydrogens (tertiary/aromatic N) is 3. The number of hydrogen-bond acceptors (Lipinski definition) is 4. The Kier molecular flexibility index (Phi) is 7.53. The zero-order chi connectivity index (χ0) is 27.2. The Hall–Kier alpha value is -2.36. The Morgan fingerprint density at radius 1 is 1.03 bits per heavy atom. The molecule has 6 nitrogen and oxygen atoms in total. The van der Waals surface area contributed by atoms with E-state index in [1.54, 1.807) is 9.80 Å². The number of amides is 1. The topological polar surface area (TPSA) is 64.1 Å². The number of hydrogen-bond donors (Lipinski definition) is 1. The summed E-state index contributed by atoms with van der Waals surface area (Å²) in [5.41, 5.74) is -1.75. The summed E-state index contributed by atoms with van der Waals surface area (Å²) in [7, 11) is 0. The predicted octanol–water partition coefficient (Wildman–Crippen LogP) is 4.92. The van der Waals surface area contributed by atoms with Crippen molar-refractivity contribution in [2.24, 2.45) is 5.92 Å². The molecule has 0 spiro atoms. The van der Waals surface area contributed by atoms with Crippen molar-refractivity contribution in [1.29, 1.82) is 0 Å². The Bertz CT molecular complexity index is 1020. The lowest BCUT2D eigenvalue weighted by Crippen LogP contribution is -2.51. The highest BCUT2D eigenvalue weighted by Gasteiger charge is 2.49. The van der Waals surface area contributed by atoms with Crippen LogP contribution in [0.25, 0.3) is 0 Å². The van der Waals surface area contributed by atoms with Crippen LogP contribution in [0, 0.1) is 5.92 Å². The third-order valence-corrected chi connectivity index (χ3v) is 8.24. The minimum atomic E-state index is -4.51. The van der Waals surface area contributed by atoms with Gasteiger partial charge in [0.1, 0.15) is 0 Å². The third kappa shape index (κ3) is 5.89. The highest BCUT2D eigenvalue weighted by Crippen LogP contribution is 2.41. The molecule has 3 aliphatic rings. The van der Waals surface area contributed by atoms with Crippen LogP contribution in [-0.4, -0.2) is 77.3 Å². The van der Waals surface area contributed by atoms with Crippen LogP contribution >= 0.6 is 0 Å². The van der Waals surface area contributed by atoms with Crippen LogP contribution in [0.2, 0.25) is 0 Å². The van der Waals surface area contributed by atoms with E-state index in [2.05, 4.69) is 0 Å². The molecule has 206 valence electrons. The van der Waals surface area contributed by atoms with Crippen molar-refractivity contribution in [2.45, 2.75) is 76.2 Å². The molecule has 0 radical (unpaired) electrons. The van der Waals surface area contributed by atoms with E-state index in [1.807, 2.05) is 25.7 Å². The molecular weight excluding hydrogens is 490 g/mol. The highest BCUT2D eigenvalue weighted by molar-refractivity contribution is 5.86. The summed E-state index contributed by atoms with van der Waals surface area (Å²) in [5.74, 6) is -2.17. The predicted molar refractivity (Wildman–Crippen MR) is 132 cm³/mol. The van der Waals surface area contributed by atoms with Crippen molar-refractivity contribution >= 4 is 17.6 Å². The monoisotopic (exact) mass is 527 g/mol. The van der Waals surface area contributed by atoms with Gasteiger partial charge in [0.15, 0.2) is 0 Å². The fraction of sp³-hybridized carbons (Fsp3) is 0.704. The van der Waals surface area contributed by atoms with Crippen molar-refractivity contribution < 1.29 is 32.3 Å². The molecule has 37 heavy (non-hydrogen) atoms. The van der Waals surface area contributed by atoms with Gasteiger partial charge in [-0.1, -0.05) is 6.07 Å². The van der Waals surface area contributed by atoms with Crippen LogP contribution in [0.15, 0.2) is 18.2 Å². The highest BCUT2D eigenvalue weighted by atomic mass is 19.4. The van der Waals surface area contributed by atoms with Crippen molar-refractivity contribution in [1.82, 2.24) is 9.80 Å². The van der Waals surface area contributed by atoms with Crippen LogP contribution in [0.3, 0.4) is 0 Å². The molecule has 0 aliphatic carbocycles. The Labute approximate surface area is 215 Å². The summed E-state index contributed by atoms with van der Waals surface area (Å²) in [6.07, 6.45) is -2.24. The second-order valence-corrected chi connectivity index (χ2v) is 11.8. The number of carbonyl (C=O) groups excluding carboxylic acids is 1. The molecule has 0 saturated carbocycles. The first-order chi connectivity index (χ1) is 17.2. The Balaban J connectivity index is 1.50. The lowest BCUT2D eigenvalue weighted by molar-refractivity contribution is -0.144. The number of aliphatic carboxylic acids is 1. The van der Waals surface area contributed by atoms with Gasteiger partial charge < -0.3 is 14.9 Å². The molecule has 2 atom stereocenters. The molecule has 0 unspecified atom stereocenters. The summed E-state index contributed by atoms with van der Waals surface area (Å²) in [4.78, 5) is 30.0. The van der Waals surface area contributed by atoms with Gasteiger partial charge in [-0.25, -0.2) is 4.39 Å². The fourth-order valence-corrected chi connectivity index (χ4v) is 5.93. The lowest BCUT2D eigenvalue weighted by Gasteiger charge is -2.39. The maximum absolute atomic E-state index is 15.7. The maximum Gasteiger partial charge on any atom is 0.416 e. The van der Waals surface area contributed by atoms with Gasteiger partial charge in [-0.3, -0.25) is 14.5 Å². The molecule has 1 aromatic rings. The molecule has 10 heteroatoms. The number of likely N-dealkylation sites (tertiary alicyclic amines) is 2. The summed E-state index contributed by atoms with van der Waals surface area (Å²) < 4.78 is 56.3. The molecule has 3 aliphatic heterocycles. The first-order valence-corrected chi connectivity index (χ1v) is 13.1. The standard InChI is InChI=1S/C27H37F4N3O3/c1-25(2,3)34-14-10-26(28,17-34)24(37)32-12-8-18(9-13-32)21-7-6-20(27(29,30)31)15-22(21)33-11-4-5-19(16-33)23(35)36/h6-7,15,18-19H,4-5,8-14,16-17H2,1-3H3,(H,35,36)/t19-,26-/m1/s1. The van der Waals surface area contributed by atoms with E-state index < -0.39 is 35.2 Å². The number of anilines is 1. The number of alkyl halides is 4. The Morgan fingerprint density at radius 3 is 2.27 bits per heavy atom. The number of rotatable bonds is 4. The molecule has 1 N–H and O–H groups in total. The van der Waals surface area contributed by atoms with E-state index in [1.165, 1.54) is 6.07 Å². The van der Waals surface area contributed by atoms with Crippen molar-refractivity contribution in [3.63, 3.8) is 0 Å². The van der Waals surface area contributed by atoms with Gasteiger partial charge in [0, 0.05) is 56.9 Å². The normalized spacial score (nSPS) is 26.5. The Morgan fingerprint density at radius 2 is 1.70 bits per heavy atom. The minimum Gasteiger partial charge on any atom is -0.481 e. The third-order valence-electron chi connectivity index (χ3n) is 8.24. The SMILES string of the molecule is CC(C)(C)N1CC[C@](F)(C(=O)N2CCC(c3ccc(C(F)(F)F)cc3N3CCC[C@@H](C(=O)O)C3)CC2)C1. The summed E-state index contributed by atoms with van der Waals surface area (Å²) in [6, 6.07) is 3.71. The fourth-order valence-electron chi connectivity index (χ4n) is 5.93. The van der Waals surface area contributed by atoms with Gasteiger partial charge in [0.2, 0.25) is 5.67 Å². The smallest absolute Gasteiger partial charge is 0.416 e. The second-order valence-electron chi connectivity index (χ2n) is 11.8. The van der Waals surface area contributed by atoms with Crippen molar-refractivity contribution in [3.8, 4) is 0 Å². The van der Waals surface area contributed by atoms with Crippen LogP contribution in [0.4, 0.5) is 23.2 Å². The summed E-state index contributed by atoms with van der Waals surface area (Å²) in [6.45, 7) is 7.90. The van der Waals surface area contributed by atoms with Crippen LogP contribution in [0.1, 0.15) is 69.9 Å². The number of carboxylic acid groups (broad SMARTS) is 1. The molecule has 3 saturated heterocycles. The molecule has 3 fully saturated rings. The average molecular weight is 528 g/mol. The van der Waals surface area contributed by atoms with E-state index in [0.29, 0.717) is 57.5 Å². The number of benzene rings is 1.